The van der Waals surface area contributed by atoms with E-state index >= 15 is 0 Å². The van der Waals surface area contributed by atoms with Crippen LogP contribution in [0.1, 0.15) is 18.2 Å². The van der Waals surface area contributed by atoms with Gasteiger partial charge in [-0.3, -0.25) is 9.59 Å². The summed E-state index contributed by atoms with van der Waals surface area (Å²) in [6, 6.07) is 7.48. The Hall–Kier alpha value is -2.89. The van der Waals surface area contributed by atoms with Crippen LogP contribution < -0.4 is 10.9 Å². The molecule has 0 bridgehead atoms. The Kier molecular flexibility index (Phi) is 4.20. The Balaban J connectivity index is 1.84. The number of carbonyl (C=O) groups excluding carboxylic acids is 1. The molecule has 0 radical (unpaired) electrons. The van der Waals surface area contributed by atoms with Gasteiger partial charge in [0.15, 0.2) is 0 Å². The van der Waals surface area contributed by atoms with Crippen LogP contribution in [0.5, 0.6) is 0 Å². The van der Waals surface area contributed by atoms with Gasteiger partial charge in [-0.1, -0.05) is 0 Å². The molecule has 0 saturated carbocycles. The van der Waals surface area contributed by atoms with Crippen molar-refractivity contribution in [2.24, 2.45) is 0 Å². The quantitative estimate of drug-likeness (QED) is 0.773. The lowest BCUT2D eigenvalue weighted by Crippen LogP contribution is -2.20. The zero-order valence-electron chi connectivity index (χ0n) is 13.5. The largest absolute Gasteiger partial charge is 0.358 e. The molecule has 0 spiro atoms. The fraction of sp³-hybridized carbons (Fsp3) is 0.222. The minimum atomic E-state index is -0.335. The molecular formula is C18H18FN3O2. The third-order valence-electron chi connectivity index (χ3n) is 4.03. The van der Waals surface area contributed by atoms with Crippen molar-refractivity contribution in [2.45, 2.75) is 26.8 Å². The van der Waals surface area contributed by atoms with Gasteiger partial charge in [0.05, 0.1) is 12.1 Å². The number of aromatic amines is 1. The number of nitrogens with one attached hydrogen (secondary N) is 2. The average molecular weight is 327 g/mol. The van der Waals surface area contributed by atoms with Gasteiger partial charge in [0.2, 0.25) is 5.91 Å². The van der Waals surface area contributed by atoms with E-state index in [1.54, 1.807) is 18.3 Å². The molecule has 0 aliphatic carbocycles. The first kappa shape index (κ1) is 16.0. The van der Waals surface area contributed by atoms with Gasteiger partial charge in [-0.05, 0) is 43.7 Å². The molecular weight excluding hydrogens is 309 g/mol. The summed E-state index contributed by atoms with van der Waals surface area (Å²) in [5, 5.41) is 3.49. The summed E-state index contributed by atoms with van der Waals surface area (Å²) in [5.41, 5.74) is 2.86. The van der Waals surface area contributed by atoms with Crippen molar-refractivity contribution in [3.05, 3.63) is 64.0 Å². The monoisotopic (exact) mass is 327 g/mol. The van der Waals surface area contributed by atoms with Crippen molar-refractivity contribution in [1.82, 2.24) is 9.55 Å². The highest BCUT2D eigenvalue weighted by molar-refractivity contribution is 5.96. The minimum Gasteiger partial charge on any atom is -0.358 e. The predicted molar refractivity (Wildman–Crippen MR) is 91.7 cm³/mol. The van der Waals surface area contributed by atoms with Crippen molar-refractivity contribution in [2.75, 3.05) is 5.32 Å². The van der Waals surface area contributed by atoms with Crippen LogP contribution in [0.25, 0.3) is 10.9 Å². The molecule has 0 aliphatic rings. The first-order valence-corrected chi connectivity index (χ1v) is 7.75. The minimum absolute atomic E-state index is 0.113. The molecule has 24 heavy (non-hydrogen) atoms. The molecule has 5 nitrogen and oxygen atoms in total. The van der Waals surface area contributed by atoms with E-state index in [1.165, 1.54) is 22.8 Å². The van der Waals surface area contributed by atoms with E-state index in [0.717, 1.165) is 16.8 Å². The van der Waals surface area contributed by atoms with Crippen LogP contribution in [-0.4, -0.2) is 15.5 Å². The van der Waals surface area contributed by atoms with Crippen LogP contribution >= 0.6 is 0 Å². The third-order valence-corrected chi connectivity index (χ3v) is 4.03. The first-order chi connectivity index (χ1) is 11.5. The molecule has 2 N–H and O–H groups in total. The van der Waals surface area contributed by atoms with Gasteiger partial charge in [-0.15, -0.1) is 0 Å². The maximum atomic E-state index is 13.5. The molecule has 124 valence electrons. The number of halogens is 1. The summed E-state index contributed by atoms with van der Waals surface area (Å²) in [7, 11) is 0. The van der Waals surface area contributed by atoms with Crippen molar-refractivity contribution in [1.29, 1.82) is 0 Å². The summed E-state index contributed by atoms with van der Waals surface area (Å²) < 4.78 is 15.0. The molecule has 1 amide bonds. The third kappa shape index (κ3) is 3.08. The van der Waals surface area contributed by atoms with Crippen LogP contribution in [0.15, 0.2) is 41.3 Å². The zero-order valence-corrected chi connectivity index (χ0v) is 13.5. The topological polar surface area (TPSA) is 66.9 Å². The lowest BCUT2D eigenvalue weighted by Gasteiger charge is -2.08. The second-order valence-corrected chi connectivity index (χ2v) is 5.69. The second-order valence-electron chi connectivity index (χ2n) is 5.69. The smallest absolute Gasteiger partial charge is 0.250 e. The number of fused-ring (bicyclic) bond motifs is 1. The van der Waals surface area contributed by atoms with Crippen LogP contribution in [0, 0.1) is 12.7 Å². The molecule has 0 atom stereocenters. The standard InChI is InChI=1S/C18H18FN3O2/c1-3-22-10-13(5-7-18(22)24)21-17(23)9-14-11(2)20-16-6-4-12(19)8-15(14)16/h4-8,10,20H,3,9H2,1-2H3,(H,21,23). The fourth-order valence-electron chi connectivity index (χ4n) is 2.80. The summed E-state index contributed by atoms with van der Waals surface area (Å²) in [4.78, 5) is 27.1. The highest BCUT2D eigenvalue weighted by atomic mass is 19.1. The zero-order chi connectivity index (χ0) is 17.3. The molecule has 3 aromatic rings. The van der Waals surface area contributed by atoms with Crippen LogP contribution in [0.3, 0.4) is 0 Å². The molecule has 6 heteroatoms. The number of H-pyrrole nitrogens is 1. The maximum absolute atomic E-state index is 13.5. The summed E-state index contributed by atoms with van der Waals surface area (Å²) in [6.07, 6.45) is 1.74. The number of hydrogen-bond acceptors (Lipinski definition) is 2. The van der Waals surface area contributed by atoms with Crippen LogP contribution in [0.4, 0.5) is 10.1 Å². The normalized spacial score (nSPS) is 11.0. The molecule has 0 aliphatic heterocycles. The number of aromatic nitrogens is 2. The number of aryl methyl sites for hydroxylation is 2. The van der Waals surface area contributed by atoms with E-state index < -0.39 is 0 Å². The Morgan fingerprint density at radius 1 is 1.29 bits per heavy atom. The van der Waals surface area contributed by atoms with Crippen LogP contribution in [-0.2, 0) is 17.8 Å². The Morgan fingerprint density at radius 2 is 2.08 bits per heavy atom. The Morgan fingerprint density at radius 3 is 2.83 bits per heavy atom. The van der Waals surface area contributed by atoms with Crippen molar-refractivity contribution >= 4 is 22.5 Å². The van der Waals surface area contributed by atoms with E-state index in [9.17, 15) is 14.0 Å². The van der Waals surface area contributed by atoms with Gasteiger partial charge in [0.25, 0.3) is 5.56 Å². The lowest BCUT2D eigenvalue weighted by atomic mass is 10.1. The molecule has 1 aromatic carbocycles. The van der Waals surface area contributed by atoms with E-state index in [0.29, 0.717) is 17.6 Å². The van der Waals surface area contributed by atoms with Crippen molar-refractivity contribution in [3.8, 4) is 0 Å². The summed E-state index contributed by atoms with van der Waals surface area (Å²) >= 11 is 0. The number of hydrogen-bond donors (Lipinski definition) is 2. The number of nitrogens with zero attached hydrogens (tertiary/aromatic N) is 1. The van der Waals surface area contributed by atoms with E-state index in [1.807, 2.05) is 13.8 Å². The fourth-order valence-corrected chi connectivity index (χ4v) is 2.80. The van der Waals surface area contributed by atoms with Gasteiger partial charge in [0, 0.05) is 35.4 Å². The van der Waals surface area contributed by atoms with Gasteiger partial charge < -0.3 is 14.9 Å². The lowest BCUT2D eigenvalue weighted by molar-refractivity contribution is -0.115. The Labute approximate surface area is 138 Å². The molecule has 2 heterocycles. The van der Waals surface area contributed by atoms with Gasteiger partial charge in [0.1, 0.15) is 5.82 Å². The van der Waals surface area contributed by atoms with Gasteiger partial charge in [-0.2, -0.15) is 0 Å². The number of amides is 1. The second kappa shape index (κ2) is 6.31. The average Bonchev–Trinajstić information content (AvgIpc) is 2.85. The molecule has 0 fully saturated rings. The number of benzene rings is 1. The predicted octanol–water partition coefficient (Wildman–Crippen LogP) is 2.98. The molecule has 2 aromatic heterocycles. The summed E-state index contributed by atoms with van der Waals surface area (Å²) in [6.45, 7) is 4.25. The molecule has 3 rings (SSSR count). The number of anilines is 1. The van der Waals surface area contributed by atoms with Crippen molar-refractivity contribution in [3.63, 3.8) is 0 Å². The highest BCUT2D eigenvalue weighted by Gasteiger charge is 2.13. The van der Waals surface area contributed by atoms with Crippen molar-refractivity contribution < 1.29 is 9.18 Å². The number of pyridine rings is 1. The van der Waals surface area contributed by atoms with Gasteiger partial charge in [-0.25, -0.2) is 4.39 Å². The Bertz CT molecular complexity index is 972. The SMILES string of the molecule is CCn1cc(NC(=O)Cc2c(C)[nH]c3ccc(F)cc23)ccc1=O. The van der Waals surface area contributed by atoms with Gasteiger partial charge >= 0.3 is 0 Å². The van der Waals surface area contributed by atoms with E-state index in [-0.39, 0.29) is 23.7 Å². The first-order valence-electron chi connectivity index (χ1n) is 7.75. The highest BCUT2D eigenvalue weighted by Crippen LogP contribution is 2.23. The molecule has 0 saturated heterocycles. The maximum Gasteiger partial charge on any atom is 0.250 e. The number of rotatable bonds is 4. The number of carbonyl (C=O) groups is 1. The van der Waals surface area contributed by atoms with E-state index in [2.05, 4.69) is 10.3 Å². The van der Waals surface area contributed by atoms with E-state index in [4.69, 9.17) is 0 Å². The van der Waals surface area contributed by atoms with Crippen LogP contribution in [0.2, 0.25) is 0 Å². The molecule has 0 unspecified atom stereocenters. The summed E-state index contributed by atoms with van der Waals surface area (Å²) in [5.74, 6) is -0.553.